The summed E-state index contributed by atoms with van der Waals surface area (Å²) in [6.45, 7) is 4.85. The van der Waals surface area contributed by atoms with Gasteiger partial charge in [0.05, 0.1) is 39.9 Å². The standard InChI is InChI=1S/C52H105N2O6P/c1-6-8-10-12-14-16-18-20-21-22-23-24-25-26-27-28-29-30-31-32-34-35-37-39-41-43-45-51(55)50(49-60-61(57,58)59-48-47-54(3,4)5)53-52(56)46-44-42-40-38-36-33-19-17-15-13-11-9-7-2/h43,45,50-51,55H,6-42,44,46-49H2,1-5H3,(H-,53,56,57,58)/p+1/b45-43+. The van der Waals surface area contributed by atoms with Crippen LogP contribution in [0.25, 0.3) is 0 Å². The maximum Gasteiger partial charge on any atom is 0.472 e. The molecule has 0 aromatic heterocycles. The van der Waals surface area contributed by atoms with Gasteiger partial charge in [-0.2, -0.15) is 0 Å². The highest BCUT2D eigenvalue weighted by molar-refractivity contribution is 7.47. The normalized spacial score (nSPS) is 14.1. The minimum Gasteiger partial charge on any atom is -0.387 e. The summed E-state index contributed by atoms with van der Waals surface area (Å²) in [7, 11) is 1.59. The van der Waals surface area contributed by atoms with Crippen molar-refractivity contribution in [3.63, 3.8) is 0 Å². The van der Waals surface area contributed by atoms with Crippen LogP contribution in [-0.4, -0.2) is 73.4 Å². The first-order chi connectivity index (χ1) is 29.5. The van der Waals surface area contributed by atoms with E-state index in [4.69, 9.17) is 9.05 Å². The quantitative estimate of drug-likeness (QED) is 0.0243. The molecule has 0 saturated carbocycles. The number of nitrogens with one attached hydrogen (secondary N) is 1. The van der Waals surface area contributed by atoms with Gasteiger partial charge in [-0.15, -0.1) is 0 Å². The number of aliphatic hydroxyl groups is 1. The Hall–Kier alpha value is -0.760. The highest BCUT2D eigenvalue weighted by Crippen LogP contribution is 2.43. The van der Waals surface area contributed by atoms with Gasteiger partial charge >= 0.3 is 7.82 Å². The minimum atomic E-state index is -4.34. The lowest BCUT2D eigenvalue weighted by atomic mass is 10.0. The fraction of sp³-hybridized carbons (Fsp3) is 0.942. The SMILES string of the molecule is CCCCCCCCCCCCCCCCCCCCCCCCCC/C=C/C(O)C(COP(=O)(O)OCC[N+](C)(C)C)NC(=O)CCCCCCCCCCCCCCC. The second kappa shape index (κ2) is 44.4. The van der Waals surface area contributed by atoms with E-state index in [1.807, 2.05) is 27.2 Å². The highest BCUT2D eigenvalue weighted by atomic mass is 31.2. The predicted octanol–water partition coefficient (Wildman–Crippen LogP) is 15.5. The molecule has 0 bridgehead atoms. The second-order valence-electron chi connectivity index (χ2n) is 19.6. The molecule has 3 atom stereocenters. The van der Waals surface area contributed by atoms with Crippen molar-refractivity contribution >= 4 is 13.7 Å². The van der Waals surface area contributed by atoms with Crippen LogP contribution in [0.2, 0.25) is 0 Å². The number of aliphatic hydroxyl groups excluding tert-OH is 1. The first-order valence-electron chi connectivity index (χ1n) is 26.6. The molecule has 0 heterocycles. The Kier molecular flexibility index (Phi) is 43.9. The zero-order valence-electron chi connectivity index (χ0n) is 41.4. The van der Waals surface area contributed by atoms with E-state index in [-0.39, 0.29) is 19.1 Å². The number of allylic oxidation sites excluding steroid dienone is 1. The predicted molar refractivity (Wildman–Crippen MR) is 263 cm³/mol. The van der Waals surface area contributed by atoms with Crippen LogP contribution in [0, 0.1) is 0 Å². The number of carbonyl (C=O) groups excluding carboxylic acids is 1. The summed E-state index contributed by atoms with van der Waals surface area (Å²) < 4.78 is 23.6. The fourth-order valence-corrected chi connectivity index (χ4v) is 8.78. The Labute approximate surface area is 380 Å². The van der Waals surface area contributed by atoms with Gasteiger partial charge in [-0.05, 0) is 19.3 Å². The van der Waals surface area contributed by atoms with E-state index in [0.29, 0.717) is 17.4 Å². The highest BCUT2D eigenvalue weighted by Gasteiger charge is 2.27. The largest absolute Gasteiger partial charge is 0.472 e. The molecule has 0 radical (unpaired) electrons. The van der Waals surface area contributed by atoms with Crippen molar-refractivity contribution in [2.75, 3.05) is 40.9 Å². The number of nitrogens with zero attached hydrogens (tertiary/aromatic N) is 1. The third kappa shape index (κ3) is 47.0. The van der Waals surface area contributed by atoms with E-state index in [2.05, 4.69) is 19.2 Å². The lowest BCUT2D eigenvalue weighted by molar-refractivity contribution is -0.870. The summed E-state index contributed by atoms with van der Waals surface area (Å²) in [6, 6.07) is -0.840. The molecule has 1 amide bonds. The van der Waals surface area contributed by atoms with Crippen molar-refractivity contribution in [2.24, 2.45) is 0 Å². The molecule has 9 heteroatoms. The first-order valence-corrected chi connectivity index (χ1v) is 28.1. The maximum atomic E-state index is 12.9. The summed E-state index contributed by atoms with van der Waals surface area (Å²) in [5.74, 6) is -0.173. The molecule has 0 spiro atoms. The lowest BCUT2D eigenvalue weighted by Crippen LogP contribution is -2.45. The number of unbranched alkanes of at least 4 members (excludes halogenated alkanes) is 36. The summed E-state index contributed by atoms with van der Waals surface area (Å²) in [4.78, 5) is 23.2. The molecular formula is C52H106N2O6P+. The van der Waals surface area contributed by atoms with Crippen LogP contribution in [0.15, 0.2) is 12.2 Å². The van der Waals surface area contributed by atoms with Crippen LogP contribution in [0.3, 0.4) is 0 Å². The molecule has 0 aliphatic carbocycles. The number of quaternary nitrogens is 1. The van der Waals surface area contributed by atoms with Crippen molar-refractivity contribution in [1.29, 1.82) is 0 Å². The summed E-state index contributed by atoms with van der Waals surface area (Å²) in [6.07, 6.45) is 53.0. The minimum absolute atomic E-state index is 0.0649. The molecule has 0 aliphatic rings. The number of phosphoric ester groups is 1. The van der Waals surface area contributed by atoms with Crippen molar-refractivity contribution in [2.45, 2.75) is 276 Å². The van der Waals surface area contributed by atoms with Crippen molar-refractivity contribution in [3.05, 3.63) is 12.2 Å². The molecule has 0 aromatic carbocycles. The Bertz CT molecular complexity index is 1000. The Morgan fingerprint density at radius 3 is 1.21 bits per heavy atom. The molecule has 0 aromatic rings. The number of hydrogen-bond acceptors (Lipinski definition) is 5. The fourth-order valence-electron chi connectivity index (χ4n) is 8.04. The number of likely N-dealkylation sites (N-methyl/N-ethyl adjacent to an activating group) is 1. The van der Waals surface area contributed by atoms with Crippen LogP contribution >= 0.6 is 7.82 Å². The second-order valence-corrected chi connectivity index (χ2v) is 21.1. The van der Waals surface area contributed by atoms with Gasteiger partial charge in [0.15, 0.2) is 0 Å². The van der Waals surface area contributed by atoms with Gasteiger partial charge in [-0.1, -0.05) is 251 Å². The van der Waals surface area contributed by atoms with Crippen molar-refractivity contribution < 1.29 is 32.9 Å². The molecule has 0 aliphatic heterocycles. The molecule has 364 valence electrons. The van der Waals surface area contributed by atoms with E-state index in [1.165, 1.54) is 212 Å². The third-order valence-corrected chi connectivity index (χ3v) is 13.2. The van der Waals surface area contributed by atoms with Gasteiger partial charge in [0, 0.05) is 6.42 Å². The van der Waals surface area contributed by atoms with E-state index in [1.54, 1.807) is 6.08 Å². The number of carbonyl (C=O) groups is 1. The Morgan fingerprint density at radius 2 is 0.869 bits per heavy atom. The first kappa shape index (κ1) is 60.2. The molecule has 61 heavy (non-hydrogen) atoms. The number of rotatable bonds is 49. The van der Waals surface area contributed by atoms with Gasteiger partial charge in [0.25, 0.3) is 0 Å². The molecule has 0 fully saturated rings. The van der Waals surface area contributed by atoms with Gasteiger partial charge < -0.3 is 19.8 Å². The Balaban J connectivity index is 4.17. The van der Waals surface area contributed by atoms with E-state index >= 15 is 0 Å². The third-order valence-electron chi connectivity index (χ3n) is 12.3. The maximum absolute atomic E-state index is 12.9. The van der Waals surface area contributed by atoms with Crippen molar-refractivity contribution in [3.8, 4) is 0 Å². The summed E-state index contributed by atoms with van der Waals surface area (Å²) in [5.41, 5.74) is 0. The smallest absolute Gasteiger partial charge is 0.387 e. The van der Waals surface area contributed by atoms with E-state index in [0.717, 1.165) is 32.1 Å². The number of amides is 1. The van der Waals surface area contributed by atoms with Crippen LogP contribution < -0.4 is 5.32 Å². The monoisotopic (exact) mass is 886 g/mol. The Morgan fingerprint density at radius 1 is 0.541 bits per heavy atom. The molecule has 3 unspecified atom stereocenters. The lowest BCUT2D eigenvalue weighted by Gasteiger charge is -2.25. The zero-order valence-corrected chi connectivity index (χ0v) is 42.3. The zero-order chi connectivity index (χ0) is 45.0. The van der Waals surface area contributed by atoms with Gasteiger partial charge in [0.1, 0.15) is 13.2 Å². The van der Waals surface area contributed by atoms with E-state index in [9.17, 15) is 19.4 Å². The molecule has 8 nitrogen and oxygen atoms in total. The average molecular weight is 886 g/mol. The van der Waals surface area contributed by atoms with Crippen molar-refractivity contribution in [1.82, 2.24) is 5.32 Å². The van der Waals surface area contributed by atoms with Crippen LogP contribution in [-0.2, 0) is 18.4 Å². The van der Waals surface area contributed by atoms with E-state index < -0.39 is 20.0 Å². The molecule has 3 N–H and O–H groups in total. The van der Waals surface area contributed by atoms with Gasteiger partial charge in [0.2, 0.25) is 5.91 Å². The number of hydrogen-bond donors (Lipinski definition) is 3. The van der Waals surface area contributed by atoms with Gasteiger partial charge in [-0.3, -0.25) is 13.8 Å². The molecule has 0 saturated heterocycles. The van der Waals surface area contributed by atoms with Crippen LogP contribution in [0.1, 0.15) is 264 Å². The summed E-state index contributed by atoms with van der Waals surface area (Å²) in [5, 5.41) is 13.9. The number of phosphoric acid groups is 1. The molecular weight excluding hydrogens is 780 g/mol. The average Bonchev–Trinajstić information content (AvgIpc) is 3.21. The van der Waals surface area contributed by atoms with Crippen LogP contribution in [0.5, 0.6) is 0 Å². The molecule has 0 rings (SSSR count). The summed E-state index contributed by atoms with van der Waals surface area (Å²) >= 11 is 0. The van der Waals surface area contributed by atoms with Gasteiger partial charge in [-0.25, -0.2) is 4.57 Å². The topological polar surface area (TPSA) is 105 Å². The van der Waals surface area contributed by atoms with Crippen LogP contribution in [0.4, 0.5) is 0 Å².